The van der Waals surface area contributed by atoms with E-state index in [1.54, 1.807) is 29.3 Å². The third-order valence-corrected chi connectivity index (χ3v) is 9.96. The second-order valence-electron chi connectivity index (χ2n) is 11.4. The van der Waals surface area contributed by atoms with E-state index >= 15 is 0 Å². The molecule has 1 amide bonds. The van der Waals surface area contributed by atoms with Gasteiger partial charge in [-0.1, -0.05) is 58.3 Å². The van der Waals surface area contributed by atoms with Crippen molar-refractivity contribution >= 4 is 57.6 Å². The lowest BCUT2D eigenvalue weighted by Gasteiger charge is -2.40. The number of alkyl halides is 3. The number of nitrogens with zero attached hydrogens (tertiary/aromatic N) is 2. The van der Waals surface area contributed by atoms with E-state index in [0.717, 1.165) is 41.5 Å². The van der Waals surface area contributed by atoms with Crippen LogP contribution in [0.5, 0.6) is 10.9 Å². The Kier molecular flexibility index (Phi) is 9.57. The minimum Gasteiger partial charge on any atom is -0.487 e. The smallest absolute Gasteiger partial charge is 0.417 e. The van der Waals surface area contributed by atoms with Gasteiger partial charge in [0.25, 0.3) is 11.1 Å². The monoisotopic (exact) mass is 700 g/mol. The summed E-state index contributed by atoms with van der Waals surface area (Å²) in [5, 5.41) is 7.83. The number of carbonyl (C=O) groups excluding carboxylic acids is 1. The van der Waals surface area contributed by atoms with E-state index in [2.05, 4.69) is 15.6 Å². The molecule has 0 radical (unpaired) electrons. The van der Waals surface area contributed by atoms with Crippen LogP contribution in [0.4, 0.5) is 13.2 Å². The van der Waals surface area contributed by atoms with Gasteiger partial charge in [-0.2, -0.15) is 13.2 Å². The average molecular weight is 702 g/mol. The van der Waals surface area contributed by atoms with Gasteiger partial charge >= 0.3 is 6.18 Å². The topological polar surface area (TPSA) is 75.7 Å². The highest BCUT2D eigenvalue weighted by atomic mass is 35.5. The summed E-state index contributed by atoms with van der Waals surface area (Å²) in [5.41, 5.74) is 1.75. The molecule has 2 fully saturated rings. The van der Waals surface area contributed by atoms with Gasteiger partial charge in [0.05, 0.1) is 31.6 Å². The molecule has 7 nitrogen and oxygen atoms in total. The Morgan fingerprint density at radius 3 is 2.56 bits per heavy atom. The third-order valence-electron chi connectivity index (χ3n) is 7.98. The van der Waals surface area contributed by atoms with Crippen molar-refractivity contribution < 1.29 is 27.4 Å². The van der Waals surface area contributed by atoms with Crippen LogP contribution in [0.25, 0.3) is 5.57 Å². The van der Waals surface area contributed by atoms with Gasteiger partial charge in [-0.05, 0) is 61.1 Å². The molecule has 3 heterocycles. The van der Waals surface area contributed by atoms with E-state index in [0.29, 0.717) is 39.5 Å². The number of benzene rings is 2. The zero-order valence-electron chi connectivity index (χ0n) is 24.1. The first-order valence-corrected chi connectivity index (χ1v) is 16.5. The molecule has 1 saturated heterocycles. The predicted molar refractivity (Wildman–Crippen MR) is 169 cm³/mol. The van der Waals surface area contributed by atoms with Crippen molar-refractivity contribution in [3.05, 3.63) is 78.7 Å². The summed E-state index contributed by atoms with van der Waals surface area (Å²) in [6.45, 7) is 3.56. The number of carbonyl (C=O) groups is 1. The van der Waals surface area contributed by atoms with Crippen LogP contribution in [0.15, 0.2) is 42.1 Å². The Balaban J connectivity index is 1.22. The molecule has 2 bridgehead atoms. The summed E-state index contributed by atoms with van der Waals surface area (Å²) < 4.78 is 52.3. The van der Waals surface area contributed by atoms with E-state index in [-0.39, 0.29) is 54.4 Å². The Morgan fingerprint density at radius 2 is 1.84 bits per heavy atom. The van der Waals surface area contributed by atoms with Crippen LogP contribution in [-0.4, -0.2) is 60.2 Å². The number of aryl methyl sites for hydroxylation is 1. The molecule has 14 heteroatoms. The highest BCUT2D eigenvalue weighted by molar-refractivity contribution is 7.14. The number of fused-ring (bicyclic) bond motifs is 2. The number of hydrogen-bond donors (Lipinski definition) is 2. The Hall–Kier alpha value is -2.54. The number of thiazole rings is 1. The van der Waals surface area contributed by atoms with Crippen LogP contribution in [0, 0.1) is 6.92 Å². The third kappa shape index (κ3) is 7.24. The van der Waals surface area contributed by atoms with E-state index < -0.39 is 11.7 Å². The standard InChI is InChI=1S/C31H30Cl3F3N4O3S/c1-16-9-22(32)28(23(33)10-16)43-7-8-44-30-39-14-25(45-30)20-11-18-12-38-13-24(40-18)26(20)29(42)41(19-5-6-19)15-17-3-2-4-21(27(17)34)31(35,36)37/h2-4,9-10,14,18-19,24,38,40H,5-8,11-13,15H2,1H3/t18-,24-/m1/s1. The highest BCUT2D eigenvalue weighted by Gasteiger charge is 2.42. The van der Waals surface area contributed by atoms with Crippen LogP contribution in [-0.2, 0) is 17.5 Å². The van der Waals surface area contributed by atoms with Crippen molar-refractivity contribution in [3.8, 4) is 10.9 Å². The maximum atomic E-state index is 14.3. The first kappa shape index (κ1) is 32.4. The van der Waals surface area contributed by atoms with Crippen LogP contribution in [0.3, 0.4) is 0 Å². The molecule has 2 aliphatic heterocycles. The summed E-state index contributed by atoms with van der Waals surface area (Å²) >= 11 is 20.1. The van der Waals surface area contributed by atoms with Gasteiger partial charge in [0.1, 0.15) is 13.2 Å². The van der Waals surface area contributed by atoms with Crippen LogP contribution in [0.1, 0.15) is 40.8 Å². The molecular weight excluding hydrogens is 672 g/mol. The molecule has 2 atom stereocenters. The maximum Gasteiger partial charge on any atom is 0.417 e. The molecule has 1 aromatic heterocycles. The fraction of sp³-hybridized carbons (Fsp3) is 0.419. The number of halogens is 6. The number of hydrogen-bond acceptors (Lipinski definition) is 7. The zero-order valence-corrected chi connectivity index (χ0v) is 27.2. The number of nitrogens with one attached hydrogen (secondary N) is 2. The minimum absolute atomic E-state index is 0.0152. The number of aromatic nitrogens is 1. The molecule has 0 unspecified atom stereocenters. The minimum atomic E-state index is -4.59. The zero-order chi connectivity index (χ0) is 31.9. The molecule has 1 saturated carbocycles. The van der Waals surface area contributed by atoms with Crippen LogP contribution >= 0.6 is 46.1 Å². The van der Waals surface area contributed by atoms with Gasteiger partial charge in [0, 0.05) is 43.5 Å². The molecule has 6 rings (SSSR count). The van der Waals surface area contributed by atoms with Gasteiger partial charge in [0.15, 0.2) is 5.75 Å². The Morgan fingerprint density at radius 1 is 1.11 bits per heavy atom. The van der Waals surface area contributed by atoms with E-state index in [9.17, 15) is 18.0 Å². The van der Waals surface area contributed by atoms with Crippen LogP contribution < -0.4 is 20.1 Å². The number of ether oxygens (including phenoxy) is 2. The second-order valence-corrected chi connectivity index (χ2v) is 13.5. The van der Waals surface area contributed by atoms with E-state index in [4.69, 9.17) is 44.3 Å². The number of amides is 1. The Labute approximate surface area is 277 Å². The van der Waals surface area contributed by atoms with Crippen molar-refractivity contribution in [1.82, 2.24) is 20.5 Å². The lowest BCUT2D eigenvalue weighted by Crippen LogP contribution is -2.59. The van der Waals surface area contributed by atoms with Crippen molar-refractivity contribution in [2.45, 2.75) is 57.0 Å². The van der Waals surface area contributed by atoms with E-state index in [1.807, 2.05) is 6.92 Å². The summed E-state index contributed by atoms with van der Waals surface area (Å²) in [4.78, 5) is 21.3. The van der Waals surface area contributed by atoms with Crippen molar-refractivity contribution in [2.75, 3.05) is 26.3 Å². The fourth-order valence-electron chi connectivity index (χ4n) is 5.77. The maximum absolute atomic E-state index is 14.3. The molecule has 2 N–H and O–H groups in total. The Bertz CT molecular complexity index is 1610. The quantitative estimate of drug-likeness (QED) is 0.219. The second kappa shape index (κ2) is 13.3. The molecule has 1 aliphatic carbocycles. The molecule has 3 aromatic rings. The molecule has 240 valence electrons. The molecule has 2 aromatic carbocycles. The van der Waals surface area contributed by atoms with Gasteiger partial charge in [0.2, 0.25) is 0 Å². The van der Waals surface area contributed by atoms with Gasteiger partial charge < -0.3 is 25.0 Å². The molecule has 0 spiro atoms. The van der Waals surface area contributed by atoms with Crippen molar-refractivity contribution in [3.63, 3.8) is 0 Å². The molecule has 3 aliphatic rings. The van der Waals surface area contributed by atoms with Crippen LogP contribution in [0.2, 0.25) is 15.1 Å². The summed E-state index contributed by atoms with van der Waals surface area (Å²) in [5.74, 6) is 0.180. The highest BCUT2D eigenvalue weighted by Crippen LogP contribution is 2.41. The number of piperazine rings is 1. The first-order chi connectivity index (χ1) is 21.5. The van der Waals surface area contributed by atoms with Gasteiger partial charge in [-0.15, -0.1) is 0 Å². The fourth-order valence-corrected chi connectivity index (χ4v) is 7.63. The lowest BCUT2D eigenvalue weighted by molar-refractivity contribution is -0.137. The lowest BCUT2D eigenvalue weighted by atomic mass is 9.86. The molecular formula is C31H30Cl3F3N4O3S. The van der Waals surface area contributed by atoms with Gasteiger partial charge in [-0.3, -0.25) is 4.79 Å². The van der Waals surface area contributed by atoms with E-state index in [1.165, 1.54) is 17.4 Å². The van der Waals surface area contributed by atoms with Gasteiger partial charge in [-0.25, -0.2) is 4.98 Å². The summed E-state index contributed by atoms with van der Waals surface area (Å²) in [6.07, 6.45) is -0.738. The predicted octanol–water partition coefficient (Wildman–Crippen LogP) is 7.17. The van der Waals surface area contributed by atoms with Crippen molar-refractivity contribution in [1.29, 1.82) is 0 Å². The largest absolute Gasteiger partial charge is 0.487 e. The molecule has 45 heavy (non-hydrogen) atoms. The summed E-state index contributed by atoms with van der Waals surface area (Å²) in [6, 6.07) is 7.16. The van der Waals surface area contributed by atoms with Crippen molar-refractivity contribution in [2.24, 2.45) is 0 Å². The average Bonchev–Trinajstić information content (AvgIpc) is 3.71. The first-order valence-electron chi connectivity index (χ1n) is 14.5. The number of rotatable bonds is 10. The SMILES string of the molecule is Cc1cc(Cl)c(OCCOc2ncc(C3=C(C(=O)N(Cc4cccc(C(F)(F)F)c4Cl)C4CC4)[C@H]4CNC[C@@H](C3)N4)s2)c(Cl)c1. The normalized spacial score (nSPS) is 19.9. The summed E-state index contributed by atoms with van der Waals surface area (Å²) in [7, 11) is 0.